The summed E-state index contributed by atoms with van der Waals surface area (Å²) in [5.41, 5.74) is 5.40. The van der Waals surface area contributed by atoms with E-state index in [1.807, 2.05) is 0 Å². The van der Waals surface area contributed by atoms with Gasteiger partial charge in [0, 0.05) is 25.2 Å². The second-order valence-electron chi connectivity index (χ2n) is 3.67. The second-order valence-corrected chi connectivity index (χ2v) is 3.67. The molecule has 1 atom stereocenters. The Labute approximate surface area is 98.2 Å². The van der Waals surface area contributed by atoms with Crippen LogP contribution in [0.1, 0.15) is 18.5 Å². The summed E-state index contributed by atoms with van der Waals surface area (Å²) in [6.45, 7) is 2.60. The summed E-state index contributed by atoms with van der Waals surface area (Å²) in [4.78, 5) is 10.4. The molecule has 0 radical (unpaired) electrons. The van der Waals surface area contributed by atoms with E-state index in [1.54, 1.807) is 6.92 Å². The molecule has 0 spiro atoms. The molecule has 0 aliphatic rings. The van der Waals surface area contributed by atoms with Gasteiger partial charge in [-0.2, -0.15) is 0 Å². The number of benzene rings is 1. The third kappa shape index (κ3) is 4.78. The highest BCUT2D eigenvalue weighted by Crippen LogP contribution is 2.15. The van der Waals surface area contributed by atoms with E-state index in [0.717, 1.165) is 6.07 Å². The van der Waals surface area contributed by atoms with Gasteiger partial charge < -0.3 is 16.4 Å². The third-order valence-electron chi connectivity index (χ3n) is 2.26. The Morgan fingerprint density at radius 1 is 1.29 bits per heavy atom. The first-order valence-corrected chi connectivity index (χ1v) is 5.21. The van der Waals surface area contributed by atoms with Crippen molar-refractivity contribution >= 4 is 6.03 Å². The Bertz CT molecular complexity index is 378. The van der Waals surface area contributed by atoms with Gasteiger partial charge in [0.05, 0.1) is 0 Å². The molecule has 1 aromatic carbocycles. The van der Waals surface area contributed by atoms with Crippen LogP contribution < -0.4 is 16.4 Å². The predicted octanol–water partition coefficient (Wildman–Crippen LogP) is 1.28. The van der Waals surface area contributed by atoms with Crippen molar-refractivity contribution in [3.63, 3.8) is 0 Å². The van der Waals surface area contributed by atoms with Crippen LogP contribution in [-0.2, 0) is 0 Å². The summed E-state index contributed by atoms with van der Waals surface area (Å²) in [7, 11) is 0. The summed E-state index contributed by atoms with van der Waals surface area (Å²) in [6, 6.07) is 2.54. The molecule has 1 rings (SSSR count). The smallest absolute Gasteiger partial charge is 0.312 e. The highest BCUT2D eigenvalue weighted by molar-refractivity contribution is 5.71. The first kappa shape index (κ1) is 13.4. The zero-order valence-corrected chi connectivity index (χ0v) is 9.47. The van der Waals surface area contributed by atoms with Gasteiger partial charge in [-0.25, -0.2) is 13.6 Å². The largest absolute Gasteiger partial charge is 0.352 e. The first-order chi connectivity index (χ1) is 7.99. The van der Waals surface area contributed by atoms with Gasteiger partial charge in [-0.3, -0.25) is 0 Å². The molecule has 0 fully saturated rings. The number of rotatable bonds is 5. The molecular weight excluding hydrogens is 228 g/mol. The molecule has 4 nitrogen and oxygen atoms in total. The Hall–Kier alpha value is -1.69. The van der Waals surface area contributed by atoms with Gasteiger partial charge in [0.2, 0.25) is 0 Å². The molecule has 6 heteroatoms. The van der Waals surface area contributed by atoms with Crippen LogP contribution in [0.15, 0.2) is 18.2 Å². The van der Waals surface area contributed by atoms with Crippen molar-refractivity contribution in [1.82, 2.24) is 10.6 Å². The zero-order chi connectivity index (χ0) is 12.8. The average Bonchev–Trinajstić information content (AvgIpc) is 2.22. The lowest BCUT2D eigenvalue weighted by Crippen LogP contribution is -2.36. The summed E-state index contributed by atoms with van der Waals surface area (Å²) in [5, 5.41) is 5.41. The van der Waals surface area contributed by atoms with Crippen molar-refractivity contribution in [2.75, 3.05) is 13.1 Å². The number of nitrogens with one attached hydrogen (secondary N) is 2. The van der Waals surface area contributed by atoms with Crippen LogP contribution in [0.25, 0.3) is 0 Å². The molecule has 0 saturated carbocycles. The van der Waals surface area contributed by atoms with Crippen molar-refractivity contribution in [3.8, 4) is 0 Å². The molecule has 0 aromatic heterocycles. The minimum atomic E-state index is -0.607. The molecule has 1 unspecified atom stereocenters. The van der Waals surface area contributed by atoms with E-state index in [1.165, 1.54) is 12.1 Å². The molecule has 0 bridgehead atoms. The minimum absolute atomic E-state index is 0.213. The first-order valence-electron chi connectivity index (χ1n) is 5.21. The van der Waals surface area contributed by atoms with E-state index in [0.29, 0.717) is 18.7 Å². The van der Waals surface area contributed by atoms with Crippen LogP contribution in [0.5, 0.6) is 0 Å². The van der Waals surface area contributed by atoms with Crippen LogP contribution in [-0.4, -0.2) is 19.1 Å². The highest BCUT2D eigenvalue weighted by atomic mass is 19.1. The quantitative estimate of drug-likeness (QED) is 0.682. The number of hydrogen-bond donors (Lipinski definition) is 3. The number of amides is 2. The van der Waals surface area contributed by atoms with E-state index in [4.69, 9.17) is 5.73 Å². The van der Waals surface area contributed by atoms with Crippen LogP contribution in [0, 0.1) is 11.6 Å². The standard InChI is InChI=1S/C11H15F2N3O/c1-7(15-2-3-16-11(14)17)8-4-9(12)6-10(13)5-8/h4-7,15H,2-3H2,1H3,(H3,14,16,17). The van der Waals surface area contributed by atoms with Gasteiger partial charge in [0.25, 0.3) is 0 Å². The van der Waals surface area contributed by atoms with Gasteiger partial charge >= 0.3 is 6.03 Å². The molecule has 1 aromatic rings. The van der Waals surface area contributed by atoms with Crippen LogP contribution in [0.3, 0.4) is 0 Å². The van der Waals surface area contributed by atoms with Gasteiger partial charge in [-0.15, -0.1) is 0 Å². The fourth-order valence-corrected chi connectivity index (χ4v) is 1.42. The van der Waals surface area contributed by atoms with Crippen LogP contribution in [0.2, 0.25) is 0 Å². The van der Waals surface area contributed by atoms with Crippen molar-refractivity contribution in [3.05, 3.63) is 35.4 Å². The summed E-state index contributed by atoms with van der Waals surface area (Å²) in [6.07, 6.45) is 0. The number of hydrogen-bond acceptors (Lipinski definition) is 2. The maximum atomic E-state index is 12.9. The number of halogens is 2. The van der Waals surface area contributed by atoms with Gasteiger partial charge in [0.15, 0.2) is 0 Å². The van der Waals surface area contributed by atoms with E-state index in [9.17, 15) is 13.6 Å². The van der Waals surface area contributed by atoms with Crippen molar-refractivity contribution in [2.24, 2.45) is 5.73 Å². The lowest BCUT2D eigenvalue weighted by Gasteiger charge is -2.14. The minimum Gasteiger partial charge on any atom is -0.352 e. The van der Waals surface area contributed by atoms with Gasteiger partial charge in [-0.1, -0.05) is 0 Å². The fraction of sp³-hybridized carbons (Fsp3) is 0.364. The fourth-order valence-electron chi connectivity index (χ4n) is 1.42. The van der Waals surface area contributed by atoms with Crippen molar-refractivity contribution in [2.45, 2.75) is 13.0 Å². The van der Waals surface area contributed by atoms with Crippen LogP contribution in [0.4, 0.5) is 13.6 Å². The Morgan fingerprint density at radius 2 is 1.88 bits per heavy atom. The lowest BCUT2D eigenvalue weighted by molar-refractivity contribution is 0.249. The van der Waals surface area contributed by atoms with Gasteiger partial charge in [0.1, 0.15) is 11.6 Å². The molecule has 2 amide bonds. The Kier molecular flexibility index (Phi) is 4.84. The number of carbonyl (C=O) groups is 1. The Balaban J connectivity index is 2.46. The molecule has 94 valence electrons. The number of urea groups is 1. The monoisotopic (exact) mass is 243 g/mol. The highest BCUT2D eigenvalue weighted by Gasteiger charge is 2.07. The van der Waals surface area contributed by atoms with Crippen LogP contribution >= 0.6 is 0 Å². The molecule has 0 aliphatic carbocycles. The number of nitrogens with two attached hydrogens (primary N) is 1. The van der Waals surface area contributed by atoms with E-state index in [2.05, 4.69) is 10.6 Å². The number of primary amides is 1. The molecular formula is C11H15F2N3O. The van der Waals surface area contributed by atoms with Crippen molar-refractivity contribution in [1.29, 1.82) is 0 Å². The topological polar surface area (TPSA) is 67.2 Å². The lowest BCUT2D eigenvalue weighted by atomic mass is 10.1. The molecule has 0 heterocycles. The molecule has 17 heavy (non-hydrogen) atoms. The van der Waals surface area contributed by atoms with E-state index in [-0.39, 0.29) is 6.04 Å². The summed E-state index contributed by atoms with van der Waals surface area (Å²) < 4.78 is 25.9. The third-order valence-corrected chi connectivity index (χ3v) is 2.26. The van der Waals surface area contributed by atoms with E-state index >= 15 is 0 Å². The normalized spacial score (nSPS) is 12.2. The summed E-state index contributed by atoms with van der Waals surface area (Å²) >= 11 is 0. The number of carbonyl (C=O) groups excluding carboxylic acids is 1. The Morgan fingerprint density at radius 3 is 2.41 bits per heavy atom. The van der Waals surface area contributed by atoms with Crippen molar-refractivity contribution < 1.29 is 13.6 Å². The molecule has 0 aliphatic heterocycles. The maximum Gasteiger partial charge on any atom is 0.312 e. The zero-order valence-electron chi connectivity index (χ0n) is 9.47. The second kappa shape index (κ2) is 6.15. The van der Waals surface area contributed by atoms with Gasteiger partial charge in [-0.05, 0) is 24.6 Å². The maximum absolute atomic E-state index is 12.9. The van der Waals surface area contributed by atoms with E-state index < -0.39 is 17.7 Å². The summed E-state index contributed by atoms with van der Waals surface area (Å²) in [5.74, 6) is -1.21. The SMILES string of the molecule is CC(NCCNC(N)=O)c1cc(F)cc(F)c1. The molecule has 4 N–H and O–H groups in total. The molecule has 0 saturated heterocycles. The average molecular weight is 243 g/mol. The predicted molar refractivity (Wildman–Crippen MR) is 60.4 cm³/mol.